The molecule has 0 saturated heterocycles. The Morgan fingerprint density at radius 2 is 1.97 bits per heavy atom. The Kier molecular flexibility index (Phi) is 4.14. The second-order valence-corrected chi connectivity index (χ2v) is 7.36. The molecule has 1 amide bonds. The van der Waals surface area contributed by atoms with E-state index >= 15 is 0 Å². The summed E-state index contributed by atoms with van der Waals surface area (Å²) in [6.07, 6.45) is 1.26. The van der Waals surface area contributed by atoms with E-state index in [0.29, 0.717) is 17.1 Å². The van der Waals surface area contributed by atoms with Crippen LogP contribution in [0.4, 0.5) is 14.5 Å². The van der Waals surface area contributed by atoms with Crippen molar-refractivity contribution in [3.63, 3.8) is 0 Å². The molecule has 5 aromatic rings. The first kappa shape index (κ1) is 19.0. The van der Waals surface area contributed by atoms with Crippen LogP contribution < -0.4 is 5.32 Å². The Bertz CT molecular complexity index is 1500. The molecule has 0 unspecified atom stereocenters. The van der Waals surface area contributed by atoms with Crippen molar-refractivity contribution in [1.29, 1.82) is 0 Å². The van der Waals surface area contributed by atoms with Crippen molar-refractivity contribution in [1.82, 2.24) is 20.0 Å². The second-order valence-electron chi connectivity index (χ2n) is 7.36. The molecular formula is C22H17F2N5O2. The number of aryl methyl sites for hydroxylation is 3. The van der Waals surface area contributed by atoms with Crippen molar-refractivity contribution < 1.29 is 18.0 Å². The molecule has 0 fully saturated rings. The molecule has 0 radical (unpaired) electrons. The number of anilines is 1. The number of H-pyrrole nitrogens is 1. The predicted octanol–water partition coefficient (Wildman–Crippen LogP) is 4.86. The number of carbonyl (C=O) groups excluding carboxylic acids is 1. The molecule has 2 N–H and O–H groups in total. The highest BCUT2D eigenvalue weighted by Gasteiger charge is 2.23. The fraction of sp³-hybridized carbons (Fsp3) is 0.136. The maximum atomic E-state index is 14.9. The van der Waals surface area contributed by atoms with Crippen molar-refractivity contribution in [3.05, 3.63) is 65.2 Å². The Morgan fingerprint density at radius 1 is 1.16 bits per heavy atom. The Morgan fingerprint density at radius 3 is 2.71 bits per heavy atom. The largest absolute Gasteiger partial charge is 0.466 e. The fourth-order valence-electron chi connectivity index (χ4n) is 3.78. The number of furan rings is 1. The van der Waals surface area contributed by atoms with Gasteiger partial charge in [0, 0.05) is 29.8 Å². The Balaban J connectivity index is 1.54. The minimum absolute atomic E-state index is 0.0763. The lowest BCUT2D eigenvalue weighted by Crippen LogP contribution is -2.16. The third kappa shape index (κ3) is 2.97. The summed E-state index contributed by atoms with van der Waals surface area (Å²) >= 11 is 0. The average molecular weight is 421 g/mol. The second kappa shape index (κ2) is 6.76. The van der Waals surface area contributed by atoms with Gasteiger partial charge in [-0.25, -0.2) is 8.78 Å². The van der Waals surface area contributed by atoms with Crippen LogP contribution in [0.25, 0.3) is 33.1 Å². The highest BCUT2D eigenvalue weighted by Crippen LogP contribution is 2.32. The molecule has 3 heterocycles. The van der Waals surface area contributed by atoms with Crippen LogP contribution in [0.1, 0.15) is 21.9 Å². The highest BCUT2D eigenvalue weighted by molar-refractivity contribution is 6.08. The molecule has 2 aromatic carbocycles. The number of nitrogens with one attached hydrogen (secondary N) is 2. The van der Waals surface area contributed by atoms with Crippen molar-refractivity contribution in [2.24, 2.45) is 7.05 Å². The smallest absolute Gasteiger partial charge is 0.261 e. The standard InChI is InChI=1S/C22H17F2N5O2/c1-10-6-13(11(2)31-10)21-14-7-12(4-5-17(14)27-28-21)26-22(30)19-16(23)8-18-15(20(19)24)9-25-29(18)3/h4-9H,1-3H3,(H,26,30)(H,27,28). The molecule has 0 atom stereocenters. The molecule has 0 aliphatic rings. The minimum atomic E-state index is -0.958. The van der Waals surface area contributed by atoms with Crippen LogP contribution in [-0.2, 0) is 7.05 Å². The lowest BCUT2D eigenvalue weighted by atomic mass is 10.1. The number of hydrogen-bond acceptors (Lipinski definition) is 4. The third-order valence-corrected chi connectivity index (χ3v) is 5.29. The molecule has 0 aliphatic carbocycles. The van der Waals surface area contributed by atoms with Crippen LogP contribution in [0.5, 0.6) is 0 Å². The van der Waals surface area contributed by atoms with Gasteiger partial charge in [0.05, 0.1) is 22.6 Å². The van der Waals surface area contributed by atoms with Gasteiger partial charge >= 0.3 is 0 Å². The van der Waals surface area contributed by atoms with Crippen molar-refractivity contribution in [3.8, 4) is 11.3 Å². The number of nitrogens with zero attached hydrogens (tertiary/aromatic N) is 3. The molecule has 0 bridgehead atoms. The van der Waals surface area contributed by atoms with Crippen molar-refractivity contribution in [2.75, 3.05) is 5.32 Å². The molecule has 7 nitrogen and oxygen atoms in total. The molecule has 0 aliphatic heterocycles. The van der Waals surface area contributed by atoms with E-state index in [2.05, 4.69) is 20.6 Å². The number of rotatable bonds is 3. The average Bonchev–Trinajstić information content (AvgIpc) is 3.39. The first-order chi connectivity index (χ1) is 14.8. The Labute approximate surface area is 174 Å². The van der Waals surface area contributed by atoms with Gasteiger partial charge < -0.3 is 9.73 Å². The summed E-state index contributed by atoms with van der Waals surface area (Å²) in [5.74, 6) is -1.32. The summed E-state index contributed by atoms with van der Waals surface area (Å²) in [4.78, 5) is 12.7. The van der Waals surface area contributed by atoms with Crippen LogP contribution in [-0.4, -0.2) is 25.9 Å². The number of benzene rings is 2. The summed E-state index contributed by atoms with van der Waals surface area (Å²) in [7, 11) is 1.57. The number of aromatic nitrogens is 4. The van der Waals surface area contributed by atoms with Crippen LogP contribution in [0.2, 0.25) is 0 Å². The zero-order chi connectivity index (χ0) is 21.9. The number of fused-ring (bicyclic) bond motifs is 2. The zero-order valence-corrected chi connectivity index (χ0v) is 16.9. The summed E-state index contributed by atoms with van der Waals surface area (Å²) in [6.45, 7) is 3.69. The summed E-state index contributed by atoms with van der Waals surface area (Å²) in [5.41, 5.74) is 2.22. The molecule has 0 saturated carbocycles. The van der Waals surface area contributed by atoms with Gasteiger partial charge in [-0.3, -0.25) is 14.6 Å². The van der Waals surface area contributed by atoms with Gasteiger partial charge in [-0.15, -0.1) is 0 Å². The van der Waals surface area contributed by atoms with E-state index in [1.165, 1.54) is 10.9 Å². The predicted molar refractivity (Wildman–Crippen MR) is 112 cm³/mol. The van der Waals surface area contributed by atoms with E-state index in [-0.39, 0.29) is 10.9 Å². The van der Waals surface area contributed by atoms with Gasteiger partial charge in [0.1, 0.15) is 34.4 Å². The molecule has 9 heteroatoms. The first-order valence-electron chi connectivity index (χ1n) is 9.50. The first-order valence-corrected chi connectivity index (χ1v) is 9.50. The quantitative estimate of drug-likeness (QED) is 0.436. The summed E-state index contributed by atoms with van der Waals surface area (Å²) < 4.78 is 36.3. The molecule has 156 valence electrons. The number of hydrogen-bond donors (Lipinski definition) is 2. The Hall–Kier alpha value is -4.01. The minimum Gasteiger partial charge on any atom is -0.466 e. The van der Waals surface area contributed by atoms with E-state index in [9.17, 15) is 13.6 Å². The third-order valence-electron chi connectivity index (χ3n) is 5.29. The number of halogens is 2. The van der Waals surface area contributed by atoms with Gasteiger partial charge in [-0.05, 0) is 38.1 Å². The van der Waals surface area contributed by atoms with E-state index in [1.807, 2.05) is 19.9 Å². The molecular weight excluding hydrogens is 404 g/mol. The molecule has 3 aromatic heterocycles. The maximum Gasteiger partial charge on any atom is 0.261 e. The number of amides is 1. The van der Waals surface area contributed by atoms with Crippen molar-refractivity contribution in [2.45, 2.75) is 13.8 Å². The van der Waals surface area contributed by atoms with Crippen molar-refractivity contribution >= 4 is 33.4 Å². The van der Waals surface area contributed by atoms with Gasteiger partial charge in [-0.2, -0.15) is 10.2 Å². The maximum absolute atomic E-state index is 14.9. The van der Waals surface area contributed by atoms with E-state index in [1.54, 1.807) is 25.2 Å². The normalized spacial score (nSPS) is 11.5. The number of carbonyl (C=O) groups is 1. The van der Waals surface area contributed by atoms with E-state index in [4.69, 9.17) is 4.42 Å². The van der Waals surface area contributed by atoms with Crippen LogP contribution in [0.3, 0.4) is 0 Å². The van der Waals surface area contributed by atoms with Crippen LogP contribution in [0.15, 0.2) is 40.9 Å². The fourth-order valence-corrected chi connectivity index (χ4v) is 3.78. The highest BCUT2D eigenvalue weighted by atomic mass is 19.1. The molecule has 5 rings (SSSR count). The molecule has 0 spiro atoms. The lowest BCUT2D eigenvalue weighted by Gasteiger charge is -2.09. The number of aromatic amines is 1. The zero-order valence-electron chi connectivity index (χ0n) is 16.9. The monoisotopic (exact) mass is 421 g/mol. The van der Waals surface area contributed by atoms with Gasteiger partial charge in [0.25, 0.3) is 5.91 Å². The summed E-state index contributed by atoms with van der Waals surface area (Å²) in [5, 5.41) is 14.6. The van der Waals surface area contributed by atoms with Gasteiger partial charge in [0.15, 0.2) is 0 Å². The molecule has 31 heavy (non-hydrogen) atoms. The van der Waals surface area contributed by atoms with Crippen LogP contribution >= 0.6 is 0 Å². The lowest BCUT2D eigenvalue weighted by molar-refractivity contribution is 0.101. The van der Waals surface area contributed by atoms with E-state index < -0.39 is 23.1 Å². The van der Waals surface area contributed by atoms with Gasteiger partial charge in [0.2, 0.25) is 0 Å². The van der Waals surface area contributed by atoms with E-state index in [0.717, 1.165) is 28.3 Å². The summed E-state index contributed by atoms with van der Waals surface area (Å²) in [6, 6.07) is 8.05. The topological polar surface area (TPSA) is 88.7 Å². The van der Waals surface area contributed by atoms with Gasteiger partial charge in [-0.1, -0.05) is 0 Å². The SMILES string of the molecule is Cc1cc(-c2n[nH]c3ccc(NC(=O)c4c(F)cc5c(cnn5C)c4F)cc23)c(C)o1. The van der Waals surface area contributed by atoms with Crippen LogP contribution in [0, 0.1) is 25.5 Å².